The standard InChI is InChI=1S/C19H29N3O3/c1-2-21(13-14-23)18(24)15-17-19(25)22(12-10-20-17)11-6-9-16-7-4-3-5-8-16/h3-5,7-8,17,20,23H,2,6,9-15H2,1H3. The van der Waals surface area contributed by atoms with Crippen molar-refractivity contribution >= 4 is 11.8 Å². The van der Waals surface area contributed by atoms with Crippen LogP contribution in [0.5, 0.6) is 0 Å². The van der Waals surface area contributed by atoms with Crippen LogP contribution >= 0.6 is 0 Å². The van der Waals surface area contributed by atoms with Crippen molar-refractivity contribution in [1.29, 1.82) is 0 Å². The summed E-state index contributed by atoms with van der Waals surface area (Å²) in [5.74, 6) is -0.0822. The van der Waals surface area contributed by atoms with Gasteiger partial charge >= 0.3 is 0 Å². The zero-order chi connectivity index (χ0) is 18.1. The SMILES string of the molecule is CCN(CCO)C(=O)CC1NCCN(CCCc2ccccc2)C1=O. The summed E-state index contributed by atoms with van der Waals surface area (Å²) >= 11 is 0. The number of benzene rings is 1. The van der Waals surface area contributed by atoms with E-state index in [-0.39, 0.29) is 24.8 Å². The smallest absolute Gasteiger partial charge is 0.240 e. The highest BCUT2D eigenvalue weighted by Crippen LogP contribution is 2.10. The van der Waals surface area contributed by atoms with E-state index < -0.39 is 6.04 Å². The maximum atomic E-state index is 12.6. The van der Waals surface area contributed by atoms with Gasteiger partial charge in [-0.05, 0) is 25.3 Å². The lowest BCUT2D eigenvalue weighted by Gasteiger charge is -2.34. The predicted molar refractivity (Wildman–Crippen MR) is 97.1 cm³/mol. The van der Waals surface area contributed by atoms with Crippen LogP contribution in [0.25, 0.3) is 0 Å². The lowest BCUT2D eigenvalue weighted by molar-refractivity contribution is -0.141. The molecule has 1 unspecified atom stereocenters. The number of nitrogens with one attached hydrogen (secondary N) is 1. The molecule has 0 radical (unpaired) electrons. The molecule has 1 fully saturated rings. The summed E-state index contributed by atoms with van der Waals surface area (Å²) in [4.78, 5) is 28.4. The Bertz CT molecular complexity index is 550. The van der Waals surface area contributed by atoms with Crippen molar-refractivity contribution < 1.29 is 14.7 Å². The van der Waals surface area contributed by atoms with Crippen molar-refractivity contribution in [3.8, 4) is 0 Å². The van der Waals surface area contributed by atoms with Crippen molar-refractivity contribution in [3.05, 3.63) is 35.9 Å². The van der Waals surface area contributed by atoms with Gasteiger partial charge in [-0.3, -0.25) is 9.59 Å². The molecule has 1 aromatic carbocycles. The second-order valence-corrected chi connectivity index (χ2v) is 6.32. The summed E-state index contributed by atoms with van der Waals surface area (Å²) < 4.78 is 0. The van der Waals surface area contributed by atoms with Gasteiger partial charge in [0.05, 0.1) is 19.1 Å². The Hall–Kier alpha value is -1.92. The number of aliphatic hydroxyl groups excluding tert-OH is 1. The van der Waals surface area contributed by atoms with Gasteiger partial charge in [-0.15, -0.1) is 0 Å². The van der Waals surface area contributed by atoms with Crippen LogP contribution < -0.4 is 5.32 Å². The molecule has 1 atom stereocenters. The molecule has 25 heavy (non-hydrogen) atoms. The van der Waals surface area contributed by atoms with Crippen LogP contribution in [-0.4, -0.2) is 72.1 Å². The first-order valence-electron chi connectivity index (χ1n) is 9.10. The van der Waals surface area contributed by atoms with E-state index in [4.69, 9.17) is 5.11 Å². The number of nitrogens with zero attached hydrogens (tertiary/aromatic N) is 2. The van der Waals surface area contributed by atoms with Crippen molar-refractivity contribution in [2.75, 3.05) is 39.3 Å². The normalized spacial score (nSPS) is 17.6. The third kappa shape index (κ3) is 5.83. The number of aliphatic hydroxyl groups is 1. The summed E-state index contributed by atoms with van der Waals surface area (Å²) in [6.07, 6.45) is 2.02. The maximum absolute atomic E-state index is 12.6. The number of likely N-dealkylation sites (N-methyl/N-ethyl adjacent to an activating group) is 1. The molecule has 0 aromatic heterocycles. The number of hydrogen-bond acceptors (Lipinski definition) is 4. The Kier molecular flexibility index (Phi) is 7.88. The fourth-order valence-corrected chi connectivity index (χ4v) is 3.18. The lowest BCUT2D eigenvalue weighted by Crippen LogP contribution is -2.56. The predicted octanol–water partition coefficient (Wildman–Crippen LogP) is 0.651. The highest BCUT2D eigenvalue weighted by molar-refractivity contribution is 5.89. The molecule has 0 spiro atoms. The van der Waals surface area contributed by atoms with Crippen molar-refractivity contribution in [2.45, 2.75) is 32.2 Å². The minimum absolute atomic E-state index is 0.00714. The van der Waals surface area contributed by atoms with Gasteiger partial charge in [-0.1, -0.05) is 30.3 Å². The number of aryl methyl sites for hydroxylation is 1. The van der Waals surface area contributed by atoms with Crippen molar-refractivity contribution in [3.63, 3.8) is 0 Å². The number of piperazine rings is 1. The third-order valence-electron chi connectivity index (χ3n) is 4.60. The van der Waals surface area contributed by atoms with Gasteiger partial charge in [0.25, 0.3) is 0 Å². The zero-order valence-corrected chi connectivity index (χ0v) is 15.0. The van der Waals surface area contributed by atoms with Gasteiger partial charge in [0.1, 0.15) is 0 Å². The molecule has 2 amide bonds. The minimum Gasteiger partial charge on any atom is -0.395 e. The molecule has 0 bridgehead atoms. The number of carbonyl (C=O) groups excluding carboxylic acids is 2. The van der Waals surface area contributed by atoms with Gasteiger partial charge in [0.2, 0.25) is 11.8 Å². The molecule has 6 nitrogen and oxygen atoms in total. The fourth-order valence-electron chi connectivity index (χ4n) is 3.18. The first kappa shape index (κ1) is 19.4. The topological polar surface area (TPSA) is 72.9 Å². The number of amides is 2. The Morgan fingerprint density at radius 2 is 2.12 bits per heavy atom. The molecule has 1 heterocycles. The molecule has 0 saturated carbocycles. The van der Waals surface area contributed by atoms with Crippen LogP contribution in [0.1, 0.15) is 25.3 Å². The zero-order valence-electron chi connectivity index (χ0n) is 15.0. The Morgan fingerprint density at radius 3 is 2.80 bits per heavy atom. The second kappa shape index (κ2) is 10.2. The first-order chi connectivity index (χ1) is 12.2. The average Bonchev–Trinajstić information content (AvgIpc) is 2.63. The molecule has 1 saturated heterocycles. The molecule has 0 aliphatic carbocycles. The molecular formula is C19H29N3O3. The molecule has 2 N–H and O–H groups in total. The molecule has 1 aromatic rings. The van der Waals surface area contributed by atoms with Crippen LogP contribution in [0.3, 0.4) is 0 Å². The molecule has 2 rings (SSSR count). The first-order valence-corrected chi connectivity index (χ1v) is 9.10. The average molecular weight is 347 g/mol. The van der Waals surface area contributed by atoms with E-state index in [1.165, 1.54) is 5.56 Å². The van der Waals surface area contributed by atoms with Crippen LogP contribution in [-0.2, 0) is 16.0 Å². The van der Waals surface area contributed by atoms with Crippen LogP contribution in [0.2, 0.25) is 0 Å². The summed E-state index contributed by atoms with van der Waals surface area (Å²) in [6.45, 7) is 4.79. The van der Waals surface area contributed by atoms with Crippen molar-refractivity contribution in [1.82, 2.24) is 15.1 Å². The van der Waals surface area contributed by atoms with Gasteiger partial charge in [-0.2, -0.15) is 0 Å². The number of rotatable bonds is 9. The van der Waals surface area contributed by atoms with E-state index in [0.717, 1.165) is 12.8 Å². The molecule has 6 heteroatoms. The summed E-state index contributed by atoms with van der Waals surface area (Å²) in [5.41, 5.74) is 1.28. The monoisotopic (exact) mass is 347 g/mol. The number of carbonyl (C=O) groups is 2. The Labute approximate surface area is 149 Å². The maximum Gasteiger partial charge on any atom is 0.240 e. The quantitative estimate of drug-likeness (QED) is 0.688. The van der Waals surface area contributed by atoms with E-state index in [9.17, 15) is 9.59 Å². The molecule has 1 aliphatic rings. The third-order valence-corrected chi connectivity index (χ3v) is 4.60. The highest BCUT2D eigenvalue weighted by Gasteiger charge is 2.30. The summed E-state index contributed by atoms with van der Waals surface area (Å²) in [7, 11) is 0. The van der Waals surface area contributed by atoms with Gasteiger partial charge in [0.15, 0.2) is 0 Å². The Morgan fingerprint density at radius 1 is 1.36 bits per heavy atom. The van der Waals surface area contributed by atoms with E-state index >= 15 is 0 Å². The largest absolute Gasteiger partial charge is 0.395 e. The second-order valence-electron chi connectivity index (χ2n) is 6.32. The van der Waals surface area contributed by atoms with E-state index in [1.54, 1.807) is 4.90 Å². The van der Waals surface area contributed by atoms with Crippen LogP contribution in [0.15, 0.2) is 30.3 Å². The highest BCUT2D eigenvalue weighted by atomic mass is 16.3. The van der Waals surface area contributed by atoms with E-state index in [0.29, 0.717) is 32.7 Å². The Balaban J connectivity index is 1.82. The molecule has 1 aliphatic heterocycles. The van der Waals surface area contributed by atoms with Crippen molar-refractivity contribution in [2.24, 2.45) is 0 Å². The number of hydrogen-bond donors (Lipinski definition) is 2. The molecular weight excluding hydrogens is 318 g/mol. The van der Waals surface area contributed by atoms with Gasteiger partial charge in [-0.25, -0.2) is 0 Å². The summed E-state index contributed by atoms with van der Waals surface area (Å²) in [6, 6.07) is 9.80. The minimum atomic E-state index is -0.453. The fraction of sp³-hybridized carbons (Fsp3) is 0.579. The van der Waals surface area contributed by atoms with Gasteiger partial charge < -0.3 is 20.2 Å². The van der Waals surface area contributed by atoms with E-state index in [2.05, 4.69) is 17.4 Å². The summed E-state index contributed by atoms with van der Waals surface area (Å²) in [5, 5.41) is 12.2. The van der Waals surface area contributed by atoms with Crippen LogP contribution in [0, 0.1) is 0 Å². The van der Waals surface area contributed by atoms with E-state index in [1.807, 2.05) is 30.0 Å². The lowest BCUT2D eigenvalue weighted by atomic mass is 10.1. The molecule has 138 valence electrons. The van der Waals surface area contributed by atoms with Crippen LogP contribution in [0.4, 0.5) is 0 Å². The van der Waals surface area contributed by atoms with Gasteiger partial charge in [0, 0.05) is 32.7 Å².